The standard InChI is InChI=1S/C56H43B2N3S/c1-55(2,3)32-20-24-45-41(28-32)57-39-16-10-12-18-43(39)60-47-31-48-38(30-37(47)35-22-25-46(51(57)53(35)60)59(45)34-14-8-7-9-15-34)36-23-27-50-52-54(36)61(48)44-19-13-11-17-40(44)58(52)42-29-33(56(4,5)6)21-26-49(42)62-50/h7-31H,1-6H3. The van der Waals surface area contributed by atoms with Gasteiger partial charge in [-0.2, -0.15) is 0 Å². The molecular weight excluding hydrogens is 768 g/mol. The first-order valence-electron chi connectivity index (χ1n) is 22.2. The molecule has 4 aliphatic heterocycles. The van der Waals surface area contributed by atoms with Gasteiger partial charge in [-0.15, -0.1) is 0 Å². The topological polar surface area (TPSA) is 13.1 Å². The summed E-state index contributed by atoms with van der Waals surface area (Å²) in [4.78, 5) is 5.26. The Bertz CT molecular complexity index is 3660. The second-order valence-electron chi connectivity index (χ2n) is 20.1. The molecule has 0 spiro atoms. The van der Waals surface area contributed by atoms with Crippen molar-refractivity contribution < 1.29 is 0 Å². The van der Waals surface area contributed by atoms with E-state index in [4.69, 9.17) is 0 Å². The van der Waals surface area contributed by atoms with Crippen molar-refractivity contribution in [3.8, 4) is 11.4 Å². The lowest BCUT2D eigenvalue weighted by atomic mass is 9.33. The highest BCUT2D eigenvalue weighted by atomic mass is 32.2. The minimum absolute atomic E-state index is 0.0165. The van der Waals surface area contributed by atoms with E-state index in [0.29, 0.717) is 0 Å². The minimum atomic E-state index is 0.0165. The predicted octanol–water partition coefficient (Wildman–Crippen LogP) is 10.4. The predicted molar refractivity (Wildman–Crippen MR) is 267 cm³/mol. The fourth-order valence-electron chi connectivity index (χ4n) is 11.8. The Morgan fingerprint density at radius 1 is 0.403 bits per heavy atom. The maximum Gasteiger partial charge on any atom is 0.252 e. The Labute approximate surface area is 367 Å². The molecule has 2 aromatic heterocycles. The first-order chi connectivity index (χ1) is 30.0. The normalized spacial score (nSPS) is 14.5. The van der Waals surface area contributed by atoms with Crippen molar-refractivity contribution >= 4 is 119 Å². The highest BCUT2D eigenvalue weighted by Gasteiger charge is 2.44. The van der Waals surface area contributed by atoms with E-state index in [1.807, 2.05) is 11.8 Å². The quantitative estimate of drug-likeness (QED) is 0.153. The molecule has 0 unspecified atom stereocenters. The van der Waals surface area contributed by atoms with Gasteiger partial charge in [0.15, 0.2) is 0 Å². The van der Waals surface area contributed by atoms with Crippen LogP contribution in [0.1, 0.15) is 52.7 Å². The lowest BCUT2D eigenvalue weighted by molar-refractivity contribution is 0.590. The molecule has 10 aromatic rings. The van der Waals surface area contributed by atoms with E-state index in [9.17, 15) is 0 Å². The van der Waals surface area contributed by atoms with Gasteiger partial charge in [0.25, 0.3) is 6.71 Å². The maximum atomic E-state index is 2.62. The average molecular weight is 812 g/mol. The summed E-state index contributed by atoms with van der Waals surface area (Å²) in [6.45, 7) is 14.3. The van der Waals surface area contributed by atoms with Crippen molar-refractivity contribution in [2.24, 2.45) is 0 Å². The number of rotatable bonds is 1. The molecule has 6 heterocycles. The molecule has 294 valence electrons. The van der Waals surface area contributed by atoms with Crippen LogP contribution in [0, 0.1) is 0 Å². The van der Waals surface area contributed by atoms with Gasteiger partial charge in [-0.25, -0.2) is 0 Å². The highest BCUT2D eigenvalue weighted by molar-refractivity contribution is 8.00. The van der Waals surface area contributed by atoms with Gasteiger partial charge in [0, 0.05) is 59.8 Å². The van der Waals surface area contributed by atoms with E-state index in [1.165, 1.54) is 126 Å². The van der Waals surface area contributed by atoms with E-state index < -0.39 is 0 Å². The lowest BCUT2D eigenvalue weighted by Gasteiger charge is -2.40. The molecule has 4 aliphatic rings. The number of hydrogen-bond donors (Lipinski definition) is 0. The Morgan fingerprint density at radius 2 is 0.935 bits per heavy atom. The third kappa shape index (κ3) is 4.41. The zero-order valence-corrected chi connectivity index (χ0v) is 36.7. The van der Waals surface area contributed by atoms with Gasteiger partial charge in [0.2, 0.25) is 6.71 Å². The van der Waals surface area contributed by atoms with Crippen molar-refractivity contribution in [1.29, 1.82) is 0 Å². The summed E-state index contributed by atoms with van der Waals surface area (Å²) in [6.07, 6.45) is 0. The number of nitrogens with zero attached hydrogens (tertiary/aromatic N) is 3. The van der Waals surface area contributed by atoms with Crippen LogP contribution >= 0.6 is 11.8 Å². The summed E-state index contributed by atoms with van der Waals surface area (Å²) in [7, 11) is 0. The van der Waals surface area contributed by atoms with Crippen molar-refractivity contribution in [2.45, 2.75) is 62.2 Å². The number of aromatic nitrogens is 2. The zero-order chi connectivity index (χ0) is 41.6. The molecule has 0 N–H and O–H groups in total. The van der Waals surface area contributed by atoms with Crippen molar-refractivity contribution in [3.05, 3.63) is 163 Å². The molecule has 14 rings (SSSR count). The Kier molecular flexibility index (Phi) is 6.69. The molecule has 6 heteroatoms. The summed E-state index contributed by atoms with van der Waals surface area (Å²) in [5.41, 5.74) is 22.7. The zero-order valence-electron chi connectivity index (χ0n) is 35.8. The average Bonchev–Trinajstić information content (AvgIpc) is 3.79. The van der Waals surface area contributed by atoms with Gasteiger partial charge in [-0.05, 0) is 110 Å². The van der Waals surface area contributed by atoms with Crippen LogP contribution in [-0.2, 0) is 10.8 Å². The van der Waals surface area contributed by atoms with Crippen LogP contribution < -0.4 is 37.7 Å². The van der Waals surface area contributed by atoms with Crippen LogP contribution in [0.3, 0.4) is 0 Å². The summed E-state index contributed by atoms with van der Waals surface area (Å²) in [5, 5.41) is 5.27. The Morgan fingerprint density at radius 3 is 1.60 bits per heavy atom. The third-order valence-corrected chi connectivity index (χ3v) is 15.8. The molecule has 0 fully saturated rings. The van der Waals surface area contributed by atoms with E-state index in [0.717, 1.165) is 0 Å². The van der Waals surface area contributed by atoms with Gasteiger partial charge >= 0.3 is 0 Å². The van der Waals surface area contributed by atoms with Crippen LogP contribution in [0.25, 0.3) is 55.0 Å². The fraction of sp³-hybridized carbons (Fsp3) is 0.143. The smallest absolute Gasteiger partial charge is 0.252 e. The van der Waals surface area contributed by atoms with Crippen molar-refractivity contribution in [1.82, 2.24) is 9.13 Å². The van der Waals surface area contributed by atoms with Crippen LogP contribution in [0.2, 0.25) is 0 Å². The van der Waals surface area contributed by atoms with Gasteiger partial charge in [0.1, 0.15) is 0 Å². The van der Waals surface area contributed by atoms with E-state index in [-0.39, 0.29) is 24.3 Å². The summed E-state index contributed by atoms with van der Waals surface area (Å²) < 4.78 is 5.24. The molecular formula is C56H43B2N3S. The number of hydrogen-bond acceptors (Lipinski definition) is 2. The summed E-state index contributed by atoms with van der Waals surface area (Å²) in [5.74, 6) is 0. The molecule has 0 amide bonds. The lowest BCUT2D eigenvalue weighted by Crippen LogP contribution is -2.60. The van der Waals surface area contributed by atoms with Crippen LogP contribution in [0.4, 0.5) is 17.1 Å². The molecule has 0 bridgehead atoms. The SMILES string of the molecule is CC(C)(C)c1ccc2c(c1)B1c3ccccc3-n3c4cc5c(cc4c4ccc(c1c43)S2)c1ccc2c3c1n5-c1ccccc1B3c1cc(C(C)(C)C)ccc1N2c1ccccc1. The van der Waals surface area contributed by atoms with Crippen LogP contribution in [-0.4, -0.2) is 22.6 Å². The fourth-order valence-corrected chi connectivity index (χ4v) is 12.9. The summed E-state index contributed by atoms with van der Waals surface area (Å²) >= 11 is 1.95. The van der Waals surface area contributed by atoms with Crippen molar-refractivity contribution in [3.63, 3.8) is 0 Å². The molecule has 0 radical (unpaired) electrons. The largest absolute Gasteiger partial charge is 0.311 e. The second-order valence-corrected chi connectivity index (χ2v) is 21.2. The van der Waals surface area contributed by atoms with E-state index in [1.54, 1.807) is 0 Å². The van der Waals surface area contributed by atoms with E-state index >= 15 is 0 Å². The molecule has 0 saturated heterocycles. The maximum absolute atomic E-state index is 2.62. The van der Waals surface area contributed by atoms with Gasteiger partial charge in [-0.3, -0.25) is 0 Å². The van der Waals surface area contributed by atoms with E-state index in [2.05, 4.69) is 207 Å². The molecule has 0 aliphatic carbocycles. The monoisotopic (exact) mass is 811 g/mol. The molecule has 8 aromatic carbocycles. The van der Waals surface area contributed by atoms with Gasteiger partial charge in [-0.1, -0.05) is 150 Å². The first kappa shape index (κ1) is 35.3. The number of para-hydroxylation sites is 3. The Balaban J connectivity index is 1.10. The number of benzene rings is 8. The first-order valence-corrected chi connectivity index (χ1v) is 23.0. The number of fused-ring (bicyclic) bond motifs is 16. The number of anilines is 3. The third-order valence-electron chi connectivity index (χ3n) is 14.7. The molecule has 62 heavy (non-hydrogen) atoms. The van der Waals surface area contributed by atoms with Crippen LogP contribution in [0.5, 0.6) is 0 Å². The Hall–Kier alpha value is -6.36. The minimum Gasteiger partial charge on any atom is -0.311 e. The van der Waals surface area contributed by atoms with Crippen molar-refractivity contribution in [2.75, 3.05) is 4.90 Å². The highest BCUT2D eigenvalue weighted by Crippen LogP contribution is 2.46. The van der Waals surface area contributed by atoms with Gasteiger partial charge < -0.3 is 14.0 Å². The molecule has 0 atom stereocenters. The molecule has 0 saturated carbocycles. The molecule has 3 nitrogen and oxygen atoms in total. The summed E-state index contributed by atoms with van der Waals surface area (Å²) in [6, 6.07) is 58.6. The van der Waals surface area contributed by atoms with Crippen LogP contribution in [0.15, 0.2) is 161 Å². The van der Waals surface area contributed by atoms with Gasteiger partial charge in [0.05, 0.1) is 22.1 Å². The second kappa shape index (κ2) is 11.8.